The Balaban J connectivity index is 2.78. The van der Waals surface area contributed by atoms with Gasteiger partial charge in [-0.2, -0.15) is 8.42 Å². The number of halogens is 1. The molecule has 1 rings (SSSR count). The molecule has 0 saturated carbocycles. The normalized spacial score (nSPS) is 27.1. The SMILES string of the molecule is CCCCC/C(Br)=C1\NS(=O)(=O)OCC[C@H]1C. The lowest BCUT2D eigenvalue weighted by molar-refractivity contribution is 0.306. The van der Waals surface area contributed by atoms with Crippen LogP contribution in [0.5, 0.6) is 0 Å². The van der Waals surface area contributed by atoms with Crippen LogP contribution in [0.4, 0.5) is 0 Å². The Labute approximate surface area is 112 Å². The largest absolute Gasteiger partial charge is 0.359 e. The van der Waals surface area contributed by atoms with Crippen LogP contribution in [0.2, 0.25) is 0 Å². The summed E-state index contributed by atoms with van der Waals surface area (Å²) < 4.78 is 31.2. The van der Waals surface area contributed by atoms with Crippen LogP contribution in [0.15, 0.2) is 10.2 Å². The van der Waals surface area contributed by atoms with Gasteiger partial charge in [0.2, 0.25) is 0 Å². The third-order valence-corrected chi connectivity index (χ3v) is 4.58. The first kappa shape index (κ1) is 15.0. The van der Waals surface area contributed by atoms with Crippen molar-refractivity contribution in [1.82, 2.24) is 4.72 Å². The van der Waals surface area contributed by atoms with Gasteiger partial charge in [-0.1, -0.05) is 42.6 Å². The van der Waals surface area contributed by atoms with E-state index >= 15 is 0 Å². The minimum absolute atomic E-state index is 0.170. The Morgan fingerprint density at radius 1 is 1.53 bits per heavy atom. The summed E-state index contributed by atoms with van der Waals surface area (Å²) in [7, 11) is -3.61. The van der Waals surface area contributed by atoms with E-state index in [1.807, 2.05) is 6.92 Å². The van der Waals surface area contributed by atoms with Crippen molar-refractivity contribution in [2.24, 2.45) is 5.92 Å². The van der Waals surface area contributed by atoms with E-state index in [1.54, 1.807) is 0 Å². The summed E-state index contributed by atoms with van der Waals surface area (Å²) in [6, 6.07) is 0. The smallest absolute Gasteiger partial charge is 0.264 e. The van der Waals surface area contributed by atoms with Gasteiger partial charge >= 0.3 is 10.3 Å². The first-order chi connectivity index (χ1) is 7.96. The molecule has 0 spiro atoms. The molecule has 1 heterocycles. The standard InChI is InChI=1S/C11H20BrNO3S/c1-3-4-5-6-10(12)11-9(2)7-8-16-17(14,15)13-11/h9,13H,3-8H2,1-2H3/b11-10+/t9-/m1/s1. The topological polar surface area (TPSA) is 55.4 Å². The predicted molar refractivity (Wildman–Crippen MR) is 71.9 cm³/mol. The van der Waals surface area contributed by atoms with E-state index < -0.39 is 10.3 Å². The van der Waals surface area contributed by atoms with Crippen LogP contribution in [0.25, 0.3) is 0 Å². The fourth-order valence-corrected chi connectivity index (χ4v) is 3.60. The van der Waals surface area contributed by atoms with Crippen molar-refractivity contribution in [3.8, 4) is 0 Å². The molecule has 6 heteroatoms. The van der Waals surface area contributed by atoms with Crippen LogP contribution in [0.1, 0.15) is 46.0 Å². The Hall–Kier alpha value is -0.0700. The van der Waals surface area contributed by atoms with E-state index in [1.165, 1.54) is 0 Å². The first-order valence-electron chi connectivity index (χ1n) is 6.02. The number of nitrogens with one attached hydrogen (secondary N) is 1. The Morgan fingerprint density at radius 3 is 2.88 bits per heavy atom. The molecule has 0 aromatic rings. The average molecular weight is 326 g/mol. The second-order valence-corrected chi connectivity index (χ2v) is 6.65. The van der Waals surface area contributed by atoms with Crippen molar-refractivity contribution < 1.29 is 12.6 Å². The molecule has 0 unspecified atom stereocenters. The summed E-state index contributed by atoms with van der Waals surface area (Å²) in [5, 5.41) is 0. The minimum atomic E-state index is -3.61. The van der Waals surface area contributed by atoms with Crippen molar-refractivity contribution in [2.75, 3.05) is 6.61 Å². The number of rotatable bonds is 4. The molecule has 1 atom stereocenters. The molecule has 0 radical (unpaired) electrons. The van der Waals surface area contributed by atoms with Gasteiger partial charge in [-0.3, -0.25) is 8.91 Å². The van der Waals surface area contributed by atoms with Gasteiger partial charge in [-0.25, -0.2) is 0 Å². The monoisotopic (exact) mass is 325 g/mol. The zero-order chi connectivity index (χ0) is 12.9. The third kappa shape index (κ3) is 4.97. The lowest BCUT2D eigenvalue weighted by Gasteiger charge is -2.15. The number of allylic oxidation sites excluding steroid dienone is 2. The summed E-state index contributed by atoms with van der Waals surface area (Å²) in [5.41, 5.74) is 0.749. The van der Waals surface area contributed by atoms with Gasteiger partial charge in [0.1, 0.15) is 0 Å². The molecule has 1 saturated heterocycles. The molecule has 1 aliphatic rings. The Kier molecular flexibility index (Phi) is 5.95. The molecule has 0 aromatic carbocycles. The number of unbranched alkanes of at least 4 members (excludes halogenated alkanes) is 2. The van der Waals surface area contributed by atoms with Gasteiger partial charge in [0.15, 0.2) is 0 Å². The van der Waals surface area contributed by atoms with Crippen molar-refractivity contribution in [2.45, 2.75) is 46.0 Å². The molecule has 0 aromatic heterocycles. The summed E-state index contributed by atoms with van der Waals surface area (Å²) >= 11 is 3.49. The summed E-state index contributed by atoms with van der Waals surface area (Å²) in [6.07, 6.45) is 4.95. The van der Waals surface area contributed by atoms with Crippen molar-refractivity contribution in [3.63, 3.8) is 0 Å². The van der Waals surface area contributed by atoms with Gasteiger partial charge in [0.05, 0.1) is 6.61 Å². The van der Waals surface area contributed by atoms with E-state index in [2.05, 4.69) is 27.6 Å². The molecular weight excluding hydrogens is 306 g/mol. The van der Waals surface area contributed by atoms with Gasteiger partial charge in [-0.15, -0.1) is 0 Å². The van der Waals surface area contributed by atoms with Gasteiger partial charge < -0.3 is 0 Å². The predicted octanol–water partition coefficient (Wildman–Crippen LogP) is 3.06. The average Bonchev–Trinajstić information content (AvgIpc) is 2.38. The molecule has 100 valence electrons. The number of hydrogen-bond donors (Lipinski definition) is 1. The summed E-state index contributed by atoms with van der Waals surface area (Å²) in [6.45, 7) is 4.40. The van der Waals surface area contributed by atoms with E-state index in [4.69, 9.17) is 4.18 Å². The maximum atomic E-state index is 11.5. The maximum absolute atomic E-state index is 11.5. The number of hydrogen-bond acceptors (Lipinski definition) is 3. The van der Waals surface area contributed by atoms with Crippen molar-refractivity contribution in [1.29, 1.82) is 0 Å². The molecule has 1 fully saturated rings. The van der Waals surface area contributed by atoms with E-state index in [0.717, 1.165) is 35.9 Å². The lowest BCUT2D eigenvalue weighted by Crippen LogP contribution is -2.25. The highest BCUT2D eigenvalue weighted by Gasteiger charge is 2.24. The molecule has 0 bridgehead atoms. The third-order valence-electron chi connectivity index (χ3n) is 2.81. The van der Waals surface area contributed by atoms with Crippen LogP contribution >= 0.6 is 15.9 Å². The highest BCUT2D eigenvalue weighted by atomic mass is 79.9. The van der Waals surface area contributed by atoms with Gasteiger partial charge in [0.25, 0.3) is 0 Å². The zero-order valence-electron chi connectivity index (χ0n) is 10.3. The second kappa shape index (κ2) is 6.75. The second-order valence-electron chi connectivity index (χ2n) is 4.34. The minimum Gasteiger partial charge on any atom is -0.264 e. The van der Waals surface area contributed by atoms with E-state index in [-0.39, 0.29) is 12.5 Å². The van der Waals surface area contributed by atoms with Crippen LogP contribution in [-0.4, -0.2) is 15.0 Å². The van der Waals surface area contributed by atoms with Crippen LogP contribution in [0, 0.1) is 5.92 Å². The fraction of sp³-hybridized carbons (Fsp3) is 0.818. The van der Waals surface area contributed by atoms with Gasteiger partial charge in [-0.05, 0) is 25.2 Å². The highest BCUT2D eigenvalue weighted by Crippen LogP contribution is 2.27. The van der Waals surface area contributed by atoms with Crippen LogP contribution in [-0.2, 0) is 14.5 Å². The van der Waals surface area contributed by atoms with E-state index in [0.29, 0.717) is 6.42 Å². The quantitative estimate of drug-likeness (QED) is 0.808. The van der Waals surface area contributed by atoms with E-state index in [9.17, 15) is 8.42 Å². The molecule has 0 amide bonds. The summed E-state index contributed by atoms with van der Waals surface area (Å²) in [5.74, 6) is 0.170. The summed E-state index contributed by atoms with van der Waals surface area (Å²) in [4.78, 5) is 0. The molecule has 4 nitrogen and oxygen atoms in total. The molecule has 1 N–H and O–H groups in total. The lowest BCUT2D eigenvalue weighted by atomic mass is 10.0. The van der Waals surface area contributed by atoms with Crippen LogP contribution < -0.4 is 4.72 Å². The highest BCUT2D eigenvalue weighted by molar-refractivity contribution is 9.11. The maximum Gasteiger partial charge on any atom is 0.359 e. The Morgan fingerprint density at radius 2 is 2.24 bits per heavy atom. The van der Waals surface area contributed by atoms with Crippen molar-refractivity contribution in [3.05, 3.63) is 10.2 Å². The Bertz CT molecular complexity index is 378. The zero-order valence-corrected chi connectivity index (χ0v) is 12.7. The van der Waals surface area contributed by atoms with Crippen LogP contribution in [0.3, 0.4) is 0 Å². The molecular formula is C11H20BrNO3S. The fourth-order valence-electron chi connectivity index (χ4n) is 1.73. The first-order valence-corrected chi connectivity index (χ1v) is 8.22. The van der Waals surface area contributed by atoms with Gasteiger partial charge in [0, 0.05) is 10.2 Å². The van der Waals surface area contributed by atoms with Crippen molar-refractivity contribution >= 4 is 26.2 Å². The molecule has 1 aliphatic heterocycles. The molecule has 0 aliphatic carbocycles. The molecule has 17 heavy (non-hydrogen) atoms.